The maximum absolute atomic E-state index is 13.0. The van der Waals surface area contributed by atoms with Crippen LogP contribution in [0.1, 0.15) is 51.5 Å². The number of carbonyl (C=O) groups is 3. The average molecular weight is 472 g/mol. The number of amides is 3. The van der Waals surface area contributed by atoms with Gasteiger partial charge in [0.15, 0.2) is 0 Å². The number of para-hydroxylation sites is 1. The molecule has 0 bridgehead atoms. The van der Waals surface area contributed by atoms with E-state index in [9.17, 15) is 29.7 Å². The number of hydrogen-bond donors (Lipinski definition) is 3. The lowest BCUT2D eigenvalue weighted by molar-refractivity contribution is -0.137. The van der Waals surface area contributed by atoms with Crippen LogP contribution < -0.4 is 0 Å². The number of phenols is 1. The van der Waals surface area contributed by atoms with Crippen LogP contribution in [-0.2, 0) is 14.3 Å². The zero-order valence-corrected chi connectivity index (χ0v) is 19.9. The first-order valence-electron chi connectivity index (χ1n) is 11.7. The van der Waals surface area contributed by atoms with Gasteiger partial charge in [0.05, 0.1) is 31.7 Å². The molecule has 4 atom stereocenters. The largest absolute Gasteiger partial charge is 0.507 e. The lowest BCUT2D eigenvalue weighted by atomic mass is 9.67. The molecule has 1 aliphatic carbocycles. The molecule has 8 heteroatoms. The van der Waals surface area contributed by atoms with Gasteiger partial charge in [-0.1, -0.05) is 48.8 Å². The number of benzene rings is 1. The first-order chi connectivity index (χ1) is 16.2. The molecule has 1 aromatic rings. The molecule has 8 nitrogen and oxygen atoms in total. The Morgan fingerprint density at radius 2 is 1.97 bits per heavy atom. The second kappa shape index (κ2) is 11.0. The summed E-state index contributed by atoms with van der Waals surface area (Å²) in [5.74, 6) is -3.51. The van der Waals surface area contributed by atoms with Crippen molar-refractivity contribution < 1.29 is 34.4 Å². The fraction of sp³-hybridized carbons (Fsp3) is 0.500. The number of methoxy groups -OCH3 is 1. The van der Waals surface area contributed by atoms with Crippen LogP contribution >= 0.6 is 0 Å². The van der Waals surface area contributed by atoms with Crippen molar-refractivity contribution in [1.82, 2.24) is 4.90 Å². The molecule has 184 valence electrons. The number of aromatic hydroxyl groups is 1. The highest BCUT2D eigenvalue weighted by Crippen LogP contribution is 2.47. The lowest BCUT2D eigenvalue weighted by Gasteiger charge is -2.36. The smallest absolute Gasteiger partial charge is 0.423 e. The molecule has 3 N–H and O–H groups in total. The molecule has 1 aliphatic heterocycles. The Morgan fingerprint density at radius 1 is 1.26 bits per heavy atom. The molecule has 1 heterocycles. The number of carbonyl (C=O) groups excluding carboxylic acids is 3. The Balaban J connectivity index is 1.86. The van der Waals surface area contributed by atoms with Crippen LogP contribution in [0.5, 0.6) is 5.75 Å². The van der Waals surface area contributed by atoms with E-state index in [0.717, 1.165) is 24.7 Å². The summed E-state index contributed by atoms with van der Waals surface area (Å²) < 4.78 is 4.62. The summed E-state index contributed by atoms with van der Waals surface area (Å²) in [5, 5.41) is 31.4. The van der Waals surface area contributed by atoms with Crippen molar-refractivity contribution in [1.29, 1.82) is 0 Å². The Kier molecular flexibility index (Phi) is 8.28. The number of hydrogen-bond acceptors (Lipinski definition) is 7. The number of rotatable bonds is 8. The highest BCUT2D eigenvalue weighted by molar-refractivity contribution is 6.15. The summed E-state index contributed by atoms with van der Waals surface area (Å²) in [5.41, 5.74) is 3.11. The number of fused-ring (bicyclic) bond motifs is 1. The first kappa shape index (κ1) is 25.6. The SMILES string of the molecule is CCCC1=C([C@H](O)CC/C(C)=C/c2ccccc2O)[C@H](CO)[C@@H]2C(=O)N(C(=O)OC)C(=O)[C@@H]2C1. The zero-order chi connectivity index (χ0) is 25.0. The molecule has 0 saturated carbocycles. The van der Waals surface area contributed by atoms with E-state index >= 15 is 0 Å². The highest BCUT2D eigenvalue weighted by Gasteiger charge is 2.57. The Bertz CT molecular complexity index is 1010. The molecule has 34 heavy (non-hydrogen) atoms. The van der Waals surface area contributed by atoms with Crippen LogP contribution in [0.4, 0.5) is 4.79 Å². The van der Waals surface area contributed by atoms with Gasteiger partial charge in [-0.25, -0.2) is 4.79 Å². The van der Waals surface area contributed by atoms with Gasteiger partial charge in [-0.05, 0) is 44.2 Å². The minimum atomic E-state index is -1.02. The summed E-state index contributed by atoms with van der Waals surface area (Å²) in [6, 6.07) is 6.99. The van der Waals surface area contributed by atoms with Gasteiger partial charge >= 0.3 is 6.09 Å². The second-order valence-corrected chi connectivity index (χ2v) is 9.02. The van der Waals surface area contributed by atoms with Gasteiger partial charge < -0.3 is 20.1 Å². The maximum atomic E-state index is 13.0. The lowest BCUT2D eigenvalue weighted by Crippen LogP contribution is -2.40. The molecule has 1 fully saturated rings. The second-order valence-electron chi connectivity index (χ2n) is 9.02. The van der Waals surface area contributed by atoms with Crippen molar-refractivity contribution in [2.45, 2.75) is 52.1 Å². The van der Waals surface area contributed by atoms with Gasteiger partial charge in [-0.3, -0.25) is 9.59 Å². The fourth-order valence-electron chi connectivity index (χ4n) is 5.24. The Hall–Kier alpha value is -2.97. The molecule has 1 saturated heterocycles. The van der Waals surface area contributed by atoms with Crippen LogP contribution in [0.15, 0.2) is 41.0 Å². The van der Waals surface area contributed by atoms with Gasteiger partial charge in [-0.15, -0.1) is 0 Å². The van der Waals surface area contributed by atoms with E-state index in [2.05, 4.69) is 4.74 Å². The monoisotopic (exact) mass is 471 g/mol. The van der Waals surface area contributed by atoms with E-state index in [1.54, 1.807) is 18.2 Å². The number of imide groups is 3. The van der Waals surface area contributed by atoms with E-state index in [0.29, 0.717) is 35.3 Å². The van der Waals surface area contributed by atoms with E-state index < -0.39 is 48.4 Å². The Morgan fingerprint density at radius 3 is 2.59 bits per heavy atom. The van der Waals surface area contributed by atoms with Crippen LogP contribution in [0.2, 0.25) is 0 Å². The number of allylic oxidation sites excluding steroid dienone is 2. The average Bonchev–Trinajstić information content (AvgIpc) is 3.07. The van der Waals surface area contributed by atoms with E-state index in [4.69, 9.17) is 0 Å². The normalized spacial score (nSPS) is 23.9. The van der Waals surface area contributed by atoms with Gasteiger partial charge in [-0.2, -0.15) is 4.90 Å². The molecule has 0 aromatic heterocycles. The predicted molar refractivity (Wildman–Crippen MR) is 125 cm³/mol. The van der Waals surface area contributed by atoms with E-state index in [1.165, 1.54) is 0 Å². The van der Waals surface area contributed by atoms with Crippen molar-refractivity contribution in [3.63, 3.8) is 0 Å². The third kappa shape index (κ3) is 4.93. The number of phenolic OH excluding ortho intramolecular Hbond substituents is 1. The van der Waals surface area contributed by atoms with Crippen LogP contribution in [0.3, 0.4) is 0 Å². The number of likely N-dealkylation sites (tertiary alicyclic amines) is 1. The number of aliphatic hydroxyl groups excluding tert-OH is 2. The first-order valence-corrected chi connectivity index (χ1v) is 11.7. The standard InChI is InChI=1S/C26H33NO7/c1-4-7-17-13-18-23(25(32)27(24(18)31)26(33)34-3)19(14-28)22(17)21(30)11-10-15(2)12-16-8-5-6-9-20(16)29/h5-6,8-9,12,18-19,21,23,28-30H,4,7,10-11,13-14H2,1-3H3/b15-12+/t18-,19+,21-,23-/m1/s1. The third-order valence-corrected chi connectivity index (χ3v) is 6.80. The molecule has 3 amide bonds. The third-order valence-electron chi connectivity index (χ3n) is 6.80. The molecule has 1 aromatic carbocycles. The van der Waals surface area contributed by atoms with Crippen molar-refractivity contribution in [2.75, 3.05) is 13.7 Å². The van der Waals surface area contributed by atoms with Crippen LogP contribution in [0, 0.1) is 17.8 Å². The van der Waals surface area contributed by atoms with E-state index in [-0.39, 0.29) is 12.2 Å². The summed E-state index contributed by atoms with van der Waals surface area (Å²) >= 11 is 0. The number of nitrogens with zero attached hydrogens (tertiary/aromatic N) is 1. The molecule has 0 spiro atoms. The van der Waals surface area contributed by atoms with Crippen LogP contribution in [-0.4, -0.2) is 57.9 Å². The molecule has 0 radical (unpaired) electrons. The topological polar surface area (TPSA) is 124 Å². The van der Waals surface area contributed by atoms with Gasteiger partial charge in [0, 0.05) is 11.5 Å². The predicted octanol–water partition coefficient (Wildman–Crippen LogP) is 3.41. The van der Waals surface area contributed by atoms with Gasteiger partial charge in [0.1, 0.15) is 5.75 Å². The fourth-order valence-corrected chi connectivity index (χ4v) is 5.24. The molecular formula is C26H33NO7. The van der Waals surface area contributed by atoms with E-state index in [1.807, 2.05) is 26.0 Å². The van der Waals surface area contributed by atoms with Crippen molar-refractivity contribution in [3.05, 3.63) is 46.5 Å². The minimum Gasteiger partial charge on any atom is -0.507 e. The Labute approximate surface area is 199 Å². The number of ether oxygens (including phenoxy) is 1. The minimum absolute atomic E-state index is 0.175. The van der Waals surface area contributed by atoms with Gasteiger partial charge in [0.2, 0.25) is 11.8 Å². The zero-order valence-electron chi connectivity index (χ0n) is 19.9. The highest BCUT2D eigenvalue weighted by atomic mass is 16.5. The quantitative estimate of drug-likeness (QED) is 0.392. The molecular weight excluding hydrogens is 438 g/mol. The summed E-state index contributed by atoms with van der Waals surface area (Å²) in [6.45, 7) is 3.48. The summed E-state index contributed by atoms with van der Waals surface area (Å²) in [6.07, 6.45) is 2.48. The molecule has 2 aliphatic rings. The molecule has 0 unspecified atom stereocenters. The maximum Gasteiger partial charge on any atom is 0.423 e. The summed E-state index contributed by atoms with van der Waals surface area (Å²) in [7, 11) is 1.11. The van der Waals surface area contributed by atoms with Crippen LogP contribution in [0.25, 0.3) is 6.08 Å². The number of aliphatic hydroxyl groups is 2. The van der Waals surface area contributed by atoms with Crippen molar-refractivity contribution in [3.8, 4) is 5.75 Å². The van der Waals surface area contributed by atoms with Crippen molar-refractivity contribution in [2.24, 2.45) is 17.8 Å². The van der Waals surface area contributed by atoms with Gasteiger partial charge in [0.25, 0.3) is 0 Å². The summed E-state index contributed by atoms with van der Waals surface area (Å²) in [4.78, 5) is 38.5. The van der Waals surface area contributed by atoms with Crippen molar-refractivity contribution >= 4 is 24.0 Å². The molecule has 3 rings (SSSR count).